The molecule has 0 saturated carbocycles. The Hall–Kier alpha value is 1.82. The second kappa shape index (κ2) is 23.0. The van der Waals surface area contributed by atoms with Crippen molar-refractivity contribution in [3.63, 3.8) is 0 Å². The van der Waals surface area contributed by atoms with Gasteiger partial charge in [0.15, 0.2) is 0 Å². The molecule has 1 aliphatic rings. The zero-order chi connectivity index (χ0) is 8.95. The predicted octanol–water partition coefficient (Wildman–Crippen LogP) is 4.10. The Balaban J connectivity index is -0.000000104. The third-order valence-corrected chi connectivity index (χ3v) is 0.586. The molecule has 0 unspecified atom stereocenters. The van der Waals surface area contributed by atoms with E-state index in [0.717, 1.165) is 6.42 Å². The van der Waals surface area contributed by atoms with E-state index in [0.29, 0.717) is 0 Å². The van der Waals surface area contributed by atoms with Gasteiger partial charge in [-0.2, -0.15) is 6.08 Å². The average Bonchev–Trinajstić information content (AvgIpc) is 2.44. The monoisotopic (exact) mass is 381 g/mol. The summed E-state index contributed by atoms with van der Waals surface area (Å²) >= 11 is 9.42. The molecule has 0 heterocycles. The molecule has 0 aromatic carbocycles. The Kier molecular flexibility index (Phi) is 37.2. The van der Waals surface area contributed by atoms with Crippen molar-refractivity contribution in [3.8, 4) is 0 Å². The Morgan fingerprint density at radius 2 is 1.75 bits per heavy atom. The molecule has 0 nitrogen and oxygen atoms in total. The van der Waals surface area contributed by atoms with E-state index < -0.39 is 0 Å². The van der Waals surface area contributed by atoms with Crippen LogP contribution in [0.5, 0.6) is 0 Å². The molecule has 78 valence electrons. The number of alkyl halides is 2. The maximum Gasteiger partial charge on any atom is 0 e. The molecule has 1 aliphatic carbocycles. The van der Waals surface area contributed by atoms with Crippen molar-refractivity contribution in [1.82, 2.24) is 0 Å². The van der Waals surface area contributed by atoms with Gasteiger partial charge < -0.3 is 0 Å². The van der Waals surface area contributed by atoms with E-state index in [1.807, 2.05) is 12.2 Å². The third kappa shape index (κ3) is 29.7. The molecule has 12 heavy (non-hydrogen) atoms. The summed E-state index contributed by atoms with van der Waals surface area (Å²) in [5, 5.41) is 0.194. The minimum atomic E-state index is -0.106. The molecule has 6 heteroatoms. The van der Waals surface area contributed by atoms with E-state index in [2.05, 4.69) is 12.2 Å². The number of allylic oxidation sites excluding steroid dienone is 4. The summed E-state index contributed by atoms with van der Waals surface area (Å²) in [6, 6.07) is 0. The van der Waals surface area contributed by atoms with Gasteiger partial charge in [0.1, 0.15) is 0 Å². The van der Waals surface area contributed by atoms with Gasteiger partial charge in [0.05, 0.1) is 5.34 Å². The standard InChI is InChI=1S/C5H5.CH2Cl2.2ClH.Fe.Pd/c1-2-4-5-3-1;2-1-3;;;;/h1-3H,4H2;1H2;2*1H;;/q-1;;;;;+2/p-2. The van der Waals surface area contributed by atoms with Crippen molar-refractivity contribution in [1.29, 1.82) is 0 Å². The molecule has 0 spiro atoms. The van der Waals surface area contributed by atoms with Crippen LogP contribution in [0.1, 0.15) is 6.42 Å². The maximum absolute atomic E-state index is 4.81. The van der Waals surface area contributed by atoms with Crippen LogP contribution in [-0.4, -0.2) is 5.34 Å². The van der Waals surface area contributed by atoms with Gasteiger partial charge in [0, 0.05) is 17.1 Å². The second-order valence-electron chi connectivity index (χ2n) is 1.15. The molecule has 0 bridgehead atoms. The van der Waals surface area contributed by atoms with E-state index in [4.69, 9.17) is 42.3 Å². The fourth-order valence-electron chi connectivity index (χ4n) is 0.340. The van der Waals surface area contributed by atoms with Crippen LogP contribution in [-0.2, 0) is 33.0 Å². The normalized spacial score (nSPS) is 10.7. The second-order valence-corrected chi connectivity index (χ2v) is 4.32. The fraction of sp³-hybridized carbons (Fsp3) is 0.333. The van der Waals surface area contributed by atoms with Gasteiger partial charge in [-0.25, -0.2) is 12.2 Å². The van der Waals surface area contributed by atoms with Gasteiger partial charge in [-0.1, -0.05) is 0 Å². The van der Waals surface area contributed by atoms with Crippen molar-refractivity contribution in [2.24, 2.45) is 0 Å². The zero-order valence-electron chi connectivity index (χ0n) is 5.83. The molecule has 0 saturated heterocycles. The summed E-state index contributed by atoms with van der Waals surface area (Å²) in [6.45, 7) is 0. The van der Waals surface area contributed by atoms with Gasteiger partial charge in [-0.15, -0.1) is 29.6 Å². The predicted molar refractivity (Wildman–Crippen MR) is 49.8 cm³/mol. The summed E-state index contributed by atoms with van der Waals surface area (Å²) in [7, 11) is 9.63. The van der Waals surface area contributed by atoms with E-state index in [-0.39, 0.29) is 38.3 Å². The van der Waals surface area contributed by atoms with Crippen LogP contribution in [0.3, 0.4) is 0 Å². The number of rotatable bonds is 0. The number of hydrogen-bond acceptors (Lipinski definition) is 0. The van der Waals surface area contributed by atoms with Crippen LogP contribution in [0.2, 0.25) is 0 Å². The van der Waals surface area contributed by atoms with Crippen LogP contribution < -0.4 is 0 Å². The number of halogens is 4. The van der Waals surface area contributed by atoms with Gasteiger partial charge in [0.2, 0.25) is 0 Å². The summed E-state index contributed by atoms with van der Waals surface area (Å²) in [4.78, 5) is 0. The van der Waals surface area contributed by atoms with Gasteiger partial charge in [0.25, 0.3) is 0 Å². The first-order valence-corrected chi connectivity index (χ1v) is 7.56. The van der Waals surface area contributed by atoms with Crippen LogP contribution >= 0.6 is 42.3 Å². The van der Waals surface area contributed by atoms with E-state index in [9.17, 15) is 0 Å². The number of hydrogen-bond donors (Lipinski definition) is 0. The SMILES string of the molecule is ClCCl.[C-]1=CC=CC1.[Cl][Pd][Cl].[Fe]. The molecule has 0 fully saturated rings. The van der Waals surface area contributed by atoms with Crippen molar-refractivity contribution < 1.29 is 33.0 Å². The summed E-state index contributed by atoms with van der Waals surface area (Å²) in [6.07, 6.45) is 10.0. The van der Waals surface area contributed by atoms with Crippen LogP contribution in [0.15, 0.2) is 18.2 Å². The molecule has 0 N–H and O–H groups in total. The topological polar surface area (TPSA) is 0 Å². The molecular weight excluding hydrogens is 376 g/mol. The average molecular weight is 383 g/mol. The van der Waals surface area contributed by atoms with Crippen molar-refractivity contribution >= 4 is 42.3 Å². The first-order chi connectivity index (χ1) is 5.33. The Bertz CT molecular complexity index is 95.7. The summed E-state index contributed by atoms with van der Waals surface area (Å²) in [5.74, 6) is 0. The van der Waals surface area contributed by atoms with Crippen LogP contribution in [0, 0.1) is 6.08 Å². The van der Waals surface area contributed by atoms with Gasteiger partial charge in [-0.3, -0.25) is 6.08 Å². The van der Waals surface area contributed by atoms with Crippen LogP contribution in [0.25, 0.3) is 0 Å². The first-order valence-electron chi connectivity index (χ1n) is 2.49. The Morgan fingerprint density at radius 3 is 1.83 bits per heavy atom. The zero-order valence-corrected chi connectivity index (χ0v) is 11.5. The van der Waals surface area contributed by atoms with Gasteiger partial charge in [-0.05, 0) is 0 Å². The minimum Gasteiger partial charge on any atom is 0 e. The van der Waals surface area contributed by atoms with E-state index >= 15 is 0 Å². The molecule has 0 aromatic rings. The molecular formula is C6H7Cl4FePd-. The molecule has 0 aromatic heterocycles. The molecule has 0 aliphatic heterocycles. The molecule has 0 atom stereocenters. The Morgan fingerprint density at radius 1 is 1.33 bits per heavy atom. The quantitative estimate of drug-likeness (QED) is 0.336. The fourth-order valence-corrected chi connectivity index (χ4v) is 0.340. The van der Waals surface area contributed by atoms with E-state index in [1.165, 1.54) is 0 Å². The van der Waals surface area contributed by atoms with Crippen molar-refractivity contribution in [3.05, 3.63) is 24.3 Å². The maximum atomic E-state index is 4.81. The van der Waals surface area contributed by atoms with Crippen molar-refractivity contribution in [2.75, 3.05) is 5.34 Å². The van der Waals surface area contributed by atoms with Gasteiger partial charge >= 0.3 is 35.0 Å². The smallest absolute Gasteiger partial charge is 0 e. The van der Waals surface area contributed by atoms with Crippen LogP contribution in [0.4, 0.5) is 0 Å². The minimum absolute atomic E-state index is 0. The van der Waals surface area contributed by atoms with Crippen molar-refractivity contribution in [2.45, 2.75) is 6.42 Å². The third-order valence-electron chi connectivity index (χ3n) is 0.586. The first kappa shape index (κ1) is 19.4. The Labute approximate surface area is 110 Å². The summed E-state index contributed by atoms with van der Waals surface area (Å²) in [5.41, 5.74) is 0. The molecule has 1 rings (SSSR count). The summed E-state index contributed by atoms with van der Waals surface area (Å²) < 4.78 is 0. The molecule has 0 radical (unpaired) electrons. The largest absolute Gasteiger partial charge is 0 e. The van der Waals surface area contributed by atoms with E-state index in [1.54, 1.807) is 0 Å². The molecule has 0 amide bonds.